The minimum absolute atomic E-state index is 0.182. The van der Waals surface area contributed by atoms with Crippen molar-refractivity contribution >= 4 is 42.8 Å². The van der Waals surface area contributed by atoms with Gasteiger partial charge in [0, 0.05) is 0 Å². The third kappa shape index (κ3) is 3.81. The molecule has 0 radical (unpaired) electrons. The number of benzene rings is 2. The van der Waals surface area contributed by atoms with Crippen molar-refractivity contribution in [1.29, 1.82) is 0 Å². The second-order valence-corrected chi connectivity index (χ2v) is 14.0. The quantitative estimate of drug-likeness (QED) is 0.464. The van der Waals surface area contributed by atoms with Gasteiger partial charge < -0.3 is 0 Å². The molecule has 124 valence electrons. The van der Waals surface area contributed by atoms with Crippen LogP contribution in [-0.4, -0.2) is 51.7 Å². The van der Waals surface area contributed by atoms with Crippen molar-refractivity contribution in [3.63, 3.8) is 0 Å². The van der Waals surface area contributed by atoms with E-state index in [2.05, 4.69) is 74.4 Å². The molecule has 0 saturated carbocycles. The SMILES string of the molecule is CCC(CO)NCP1(=[Se])CNc2cccc3cccc(c23)NC1. The Kier molecular flexibility index (Phi) is 5.45. The number of nitrogens with one attached hydrogen (secondary N) is 3. The van der Waals surface area contributed by atoms with Crippen molar-refractivity contribution < 1.29 is 5.11 Å². The van der Waals surface area contributed by atoms with Crippen molar-refractivity contribution in [2.24, 2.45) is 0 Å². The van der Waals surface area contributed by atoms with Crippen LogP contribution < -0.4 is 16.0 Å². The van der Waals surface area contributed by atoms with Crippen LogP contribution in [0, 0.1) is 0 Å². The second-order valence-electron chi connectivity index (χ2n) is 6.09. The molecule has 0 spiro atoms. The van der Waals surface area contributed by atoms with Gasteiger partial charge in [0.05, 0.1) is 0 Å². The van der Waals surface area contributed by atoms with Crippen LogP contribution in [0.1, 0.15) is 13.3 Å². The van der Waals surface area contributed by atoms with Gasteiger partial charge in [-0.25, -0.2) is 0 Å². The molecule has 0 aliphatic carbocycles. The first-order chi connectivity index (χ1) is 11.1. The Morgan fingerprint density at radius 1 is 1.17 bits per heavy atom. The predicted octanol–water partition coefficient (Wildman–Crippen LogP) is 3.01. The van der Waals surface area contributed by atoms with Gasteiger partial charge in [-0.1, -0.05) is 0 Å². The minimum atomic E-state index is -1.35. The van der Waals surface area contributed by atoms with E-state index in [0.29, 0.717) is 0 Å². The summed E-state index contributed by atoms with van der Waals surface area (Å²) in [4.78, 5) is 0. The van der Waals surface area contributed by atoms with Crippen LogP contribution in [0.2, 0.25) is 0 Å². The molecule has 1 unspecified atom stereocenters. The Morgan fingerprint density at radius 2 is 1.78 bits per heavy atom. The summed E-state index contributed by atoms with van der Waals surface area (Å²) in [6, 6.07) is 13.0. The molecule has 4 N–H and O–H groups in total. The molecule has 0 aromatic heterocycles. The van der Waals surface area contributed by atoms with E-state index in [0.717, 1.165) is 25.3 Å². The summed E-state index contributed by atoms with van der Waals surface area (Å²) in [5.74, 6) is 0. The van der Waals surface area contributed by atoms with Crippen LogP contribution in [0.4, 0.5) is 11.4 Å². The monoisotopic (exact) mass is 397 g/mol. The first-order valence-electron chi connectivity index (χ1n) is 8.06. The Balaban J connectivity index is 1.83. The van der Waals surface area contributed by atoms with E-state index < -0.39 is 5.51 Å². The molecule has 0 amide bonds. The number of anilines is 2. The fraction of sp³-hybridized carbons (Fsp3) is 0.412. The molecule has 23 heavy (non-hydrogen) atoms. The first-order valence-corrected chi connectivity index (χ1v) is 12.6. The van der Waals surface area contributed by atoms with Crippen LogP contribution in [0.3, 0.4) is 0 Å². The van der Waals surface area contributed by atoms with Crippen molar-refractivity contribution in [3.05, 3.63) is 36.4 Å². The van der Waals surface area contributed by atoms with Crippen molar-refractivity contribution in [1.82, 2.24) is 5.32 Å². The zero-order chi connectivity index (χ0) is 16.3. The average Bonchev–Trinajstić information content (AvgIpc) is 2.58. The Bertz CT molecular complexity index is 686. The molecule has 1 aliphatic heterocycles. The van der Waals surface area contributed by atoms with E-state index in [1.807, 2.05) is 0 Å². The summed E-state index contributed by atoms with van der Waals surface area (Å²) < 4.78 is 0. The van der Waals surface area contributed by atoms with Gasteiger partial charge in [0.2, 0.25) is 0 Å². The molecular weight excluding hydrogens is 372 g/mol. The summed E-state index contributed by atoms with van der Waals surface area (Å²) in [6.45, 7) is 2.30. The first kappa shape index (κ1) is 17.0. The third-order valence-electron chi connectivity index (χ3n) is 4.40. The summed E-state index contributed by atoms with van der Waals surface area (Å²) in [5, 5.41) is 22.7. The molecule has 3 rings (SSSR count). The van der Waals surface area contributed by atoms with Gasteiger partial charge in [0.25, 0.3) is 0 Å². The molecule has 4 nitrogen and oxygen atoms in total. The van der Waals surface area contributed by atoms with Crippen LogP contribution in [0.25, 0.3) is 10.8 Å². The standard InChI is InChI=1S/C17H24N3OPSe/c1-2-14(9-21)18-10-22(23)11-19-15-7-3-5-13-6-4-8-16(17(13)15)20-12-22/h3-8,14,18-21H,2,9-12H2,1H3. The number of aliphatic hydroxyl groups excluding tert-OH is 1. The molecule has 6 heteroatoms. The van der Waals surface area contributed by atoms with E-state index >= 15 is 0 Å². The molecule has 1 aliphatic rings. The molecule has 0 saturated heterocycles. The van der Waals surface area contributed by atoms with Crippen molar-refractivity contribution in [2.75, 3.05) is 36.1 Å². The van der Waals surface area contributed by atoms with Crippen LogP contribution in [-0.2, 0) is 0 Å². The van der Waals surface area contributed by atoms with E-state index in [-0.39, 0.29) is 12.6 Å². The Labute approximate surface area is 145 Å². The summed E-state index contributed by atoms with van der Waals surface area (Å²) in [6.07, 6.45) is 3.76. The summed E-state index contributed by atoms with van der Waals surface area (Å²) >= 11 is 3.47. The topological polar surface area (TPSA) is 56.3 Å². The molecule has 0 bridgehead atoms. The number of hydrogen-bond donors (Lipinski definition) is 4. The third-order valence-corrected chi connectivity index (χ3v) is 9.07. The van der Waals surface area contributed by atoms with Gasteiger partial charge in [-0.05, 0) is 0 Å². The number of hydrogen-bond acceptors (Lipinski definition) is 4. The molecular formula is C17H24N3OPSe. The summed E-state index contributed by atoms with van der Waals surface area (Å²) in [5.41, 5.74) is 1.04. The van der Waals surface area contributed by atoms with Gasteiger partial charge in [-0.2, -0.15) is 0 Å². The Hall–Kier alpha value is -0.831. The normalized spacial score (nSPS) is 17.7. The molecule has 1 atom stereocenters. The molecule has 1 heterocycles. The maximum atomic E-state index is 9.38. The fourth-order valence-electron chi connectivity index (χ4n) is 2.90. The molecule has 2 aromatic rings. The number of aliphatic hydroxyl groups is 1. The van der Waals surface area contributed by atoms with Crippen molar-refractivity contribution in [3.8, 4) is 0 Å². The van der Waals surface area contributed by atoms with Crippen LogP contribution >= 0.6 is 5.51 Å². The van der Waals surface area contributed by atoms with Gasteiger partial charge in [0.15, 0.2) is 0 Å². The molecule has 0 fully saturated rings. The Morgan fingerprint density at radius 3 is 2.30 bits per heavy atom. The zero-order valence-corrected chi connectivity index (χ0v) is 16.0. The second kappa shape index (κ2) is 7.38. The van der Waals surface area contributed by atoms with E-state index in [9.17, 15) is 5.11 Å². The van der Waals surface area contributed by atoms with E-state index in [4.69, 9.17) is 0 Å². The number of rotatable bonds is 5. The fourth-order valence-corrected chi connectivity index (χ4v) is 6.02. The van der Waals surface area contributed by atoms with Gasteiger partial charge in [-0.3, -0.25) is 0 Å². The van der Waals surface area contributed by atoms with Crippen LogP contribution in [0.15, 0.2) is 36.4 Å². The average molecular weight is 396 g/mol. The van der Waals surface area contributed by atoms with Gasteiger partial charge in [0.1, 0.15) is 0 Å². The summed E-state index contributed by atoms with van der Waals surface area (Å²) in [7, 11) is 0. The zero-order valence-electron chi connectivity index (χ0n) is 13.4. The molecule has 2 aromatic carbocycles. The van der Waals surface area contributed by atoms with E-state index in [1.165, 1.54) is 22.1 Å². The van der Waals surface area contributed by atoms with Gasteiger partial charge in [-0.15, -0.1) is 0 Å². The van der Waals surface area contributed by atoms with Crippen molar-refractivity contribution in [2.45, 2.75) is 19.4 Å². The van der Waals surface area contributed by atoms with Gasteiger partial charge >= 0.3 is 145 Å². The van der Waals surface area contributed by atoms with Crippen LogP contribution in [0.5, 0.6) is 0 Å². The maximum absolute atomic E-state index is 9.38. The predicted molar refractivity (Wildman–Crippen MR) is 103 cm³/mol. The van der Waals surface area contributed by atoms with E-state index in [1.54, 1.807) is 0 Å².